The first-order valence-corrected chi connectivity index (χ1v) is 11.6. The summed E-state index contributed by atoms with van der Waals surface area (Å²) in [7, 11) is 0. The fraction of sp³-hybridized carbons (Fsp3) is 0.609. The van der Waals surface area contributed by atoms with Crippen molar-refractivity contribution in [1.29, 1.82) is 0 Å². The molecule has 31 heavy (non-hydrogen) atoms. The largest absolute Gasteiger partial charge is 0.403 e. The van der Waals surface area contributed by atoms with E-state index in [1.54, 1.807) is 0 Å². The molecule has 1 aliphatic carbocycles. The maximum Gasteiger partial charge on any atom is 0.315 e. The van der Waals surface area contributed by atoms with Crippen LogP contribution in [0.2, 0.25) is 0 Å². The number of unbranched alkanes of at least 4 members (excludes halogenated alkanes) is 1. The molecule has 1 saturated heterocycles. The molecule has 1 aromatic heterocycles. The lowest BCUT2D eigenvalue weighted by molar-refractivity contribution is -0.120. The van der Waals surface area contributed by atoms with Gasteiger partial charge in [0.1, 0.15) is 0 Å². The average Bonchev–Trinajstić information content (AvgIpc) is 3.29. The second-order valence-corrected chi connectivity index (χ2v) is 8.40. The van der Waals surface area contributed by atoms with Gasteiger partial charge in [-0.25, -0.2) is 0 Å². The Hall–Kier alpha value is -2.45. The predicted octanol–water partition coefficient (Wildman–Crippen LogP) is 3.78. The minimum absolute atomic E-state index is 0.130. The van der Waals surface area contributed by atoms with Crippen molar-refractivity contribution in [3.05, 3.63) is 24.3 Å². The zero-order valence-corrected chi connectivity index (χ0v) is 18.1. The Morgan fingerprint density at radius 2 is 1.81 bits per heavy atom. The number of amides is 1. The molecular weight excluding hydrogens is 394 g/mol. The van der Waals surface area contributed by atoms with E-state index in [1.165, 1.54) is 6.42 Å². The molecule has 2 fully saturated rings. The monoisotopic (exact) mass is 427 g/mol. The summed E-state index contributed by atoms with van der Waals surface area (Å²) in [5.41, 5.74) is 1.64. The highest BCUT2D eigenvalue weighted by Crippen LogP contribution is 2.26. The van der Waals surface area contributed by atoms with E-state index in [4.69, 9.17) is 9.15 Å². The highest BCUT2D eigenvalue weighted by molar-refractivity contribution is 5.92. The number of benzene rings is 1. The summed E-state index contributed by atoms with van der Waals surface area (Å²) in [6.07, 6.45) is 7.71. The summed E-state index contributed by atoms with van der Waals surface area (Å²) in [6.45, 7) is 5.66. The van der Waals surface area contributed by atoms with Gasteiger partial charge in [-0.2, -0.15) is 0 Å². The predicted molar refractivity (Wildman–Crippen MR) is 120 cm³/mol. The number of anilines is 2. The Morgan fingerprint density at radius 3 is 2.58 bits per heavy atom. The molecule has 1 saturated carbocycles. The fourth-order valence-electron chi connectivity index (χ4n) is 4.20. The zero-order chi connectivity index (χ0) is 21.3. The second kappa shape index (κ2) is 11.2. The first kappa shape index (κ1) is 21.8. The van der Waals surface area contributed by atoms with Gasteiger partial charge in [0.15, 0.2) is 0 Å². The normalized spacial score (nSPS) is 18.1. The molecule has 0 atom stereocenters. The Bertz CT molecular complexity index is 811. The lowest BCUT2D eigenvalue weighted by Gasteiger charge is -2.26. The zero-order valence-electron chi connectivity index (χ0n) is 18.1. The fourth-order valence-corrected chi connectivity index (χ4v) is 4.20. The van der Waals surface area contributed by atoms with E-state index < -0.39 is 0 Å². The van der Waals surface area contributed by atoms with Gasteiger partial charge < -0.3 is 19.8 Å². The molecule has 2 heterocycles. The smallest absolute Gasteiger partial charge is 0.315 e. The molecule has 0 bridgehead atoms. The molecule has 8 heteroatoms. The molecule has 0 unspecified atom stereocenters. The lowest BCUT2D eigenvalue weighted by atomic mass is 9.88. The van der Waals surface area contributed by atoms with Gasteiger partial charge in [-0.1, -0.05) is 24.4 Å². The van der Waals surface area contributed by atoms with Gasteiger partial charge in [0.2, 0.25) is 11.8 Å². The van der Waals surface area contributed by atoms with Crippen LogP contribution in [0.1, 0.15) is 44.9 Å². The molecule has 1 amide bonds. The van der Waals surface area contributed by atoms with Crippen LogP contribution in [0.5, 0.6) is 0 Å². The molecule has 0 radical (unpaired) electrons. The van der Waals surface area contributed by atoms with Gasteiger partial charge in [-0.3, -0.25) is 9.69 Å². The molecule has 168 valence electrons. The van der Waals surface area contributed by atoms with E-state index in [0.717, 1.165) is 89.2 Å². The molecule has 1 aromatic carbocycles. The van der Waals surface area contributed by atoms with E-state index >= 15 is 0 Å². The summed E-state index contributed by atoms with van der Waals surface area (Å²) < 4.78 is 11.1. The summed E-state index contributed by atoms with van der Waals surface area (Å²) >= 11 is 0. The molecule has 1 aliphatic heterocycles. The SMILES string of the molecule is O=C(Nc1ccc(-c2nnc(NCCCCN3CCOCC3)o2)cc1)C1CCCCC1. The topological polar surface area (TPSA) is 92.5 Å². The molecule has 2 aliphatic rings. The summed E-state index contributed by atoms with van der Waals surface area (Å²) in [5, 5.41) is 14.5. The van der Waals surface area contributed by atoms with Gasteiger partial charge >= 0.3 is 6.01 Å². The van der Waals surface area contributed by atoms with Gasteiger partial charge in [0.25, 0.3) is 0 Å². The first-order chi connectivity index (χ1) is 15.3. The molecule has 2 aromatic rings. The van der Waals surface area contributed by atoms with Gasteiger partial charge in [-0.05, 0) is 56.5 Å². The van der Waals surface area contributed by atoms with Crippen LogP contribution in [-0.2, 0) is 9.53 Å². The molecule has 2 N–H and O–H groups in total. The van der Waals surface area contributed by atoms with Crippen molar-refractivity contribution in [1.82, 2.24) is 15.1 Å². The number of ether oxygens (including phenoxy) is 1. The van der Waals surface area contributed by atoms with E-state index in [1.807, 2.05) is 24.3 Å². The summed E-state index contributed by atoms with van der Waals surface area (Å²) in [5.74, 6) is 0.748. The number of rotatable bonds is 9. The Kier molecular flexibility index (Phi) is 7.90. The summed E-state index contributed by atoms with van der Waals surface area (Å²) in [6, 6.07) is 8.01. The van der Waals surface area contributed by atoms with Crippen molar-refractivity contribution in [2.45, 2.75) is 44.9 Å². The molecular formula is C23H33N5O3. The molecule has 0 spiro atoms. The molecule has 4 rings (SSSR count). The maximum absolute atomic E-state index is 12.4. The molecule has 8 nitrogen and oxygen atoms in total. The third-order valence-corrected chi connectivity index (χ3v) is 6.08. The van der Waals surface area contributed by atoms with Crippen molar-refractivity contribution in [2.24, 2.45) is 5.92 Å². The standard InChI is InChI=1S/C23H33N5O3/c29-21(18-6-2-1-3-7-18)25-20-10-8-19(9-11-20)22-26-27-23(31-22)24-12-4-5-13-28-14-16-30-17-15-28/h8-11,18H,1-7,12-17H2,(H,24,27)(H,25,29). The number of hydrogen-bond acceptors (Lipinski definition) is 7. The number of nitrogens with zero attached hydrogens (tertiary/aromatic N) is 3. The van der Waals surface area contributed by atoms with Crippen molar-refractivity contribution in [3.63, 3.8) is 0 Å². The number of carbonyl (C=O) groups is 1. The van der Waals surface area contributed by atoms with E-state index in [-0.39, 0.29) is 11.8 Å². The minimum atomic E-state index is 0.130. The lowest BCUT2D eigenvalue weighted by Crippen LogP contribution is -2.36. The van der Waals surface area contributed by atoms with Gasteiger partial charge in [-0.15, -0.1) is 5.10 Å². The van der Waals surface area contributed by atoms with Gasteiger partial charge in [0.05, 0.1) is 13.2 Å². The number of nitrogens with one attached hydrogen (secondary N) is 2. The van der Waals surface area contributed by atoms with Crippen LogP contribution in [0.3, 0.4) is 0 Å². The maximum atomic E-state index is 12.4. The Labute approximate surface area is 183 Å². The van der Waals surface area contributed by atoms with Crippen LogP contribution in [-0.4, -0.2) is 60.4 Å². The van der Waals surface area contributed by atoms with E-state index in [0.29, 0.717) is 11.9 Å². The van der Waals surface area contributed by atoms with Crippen LogP contribution < -0.4 is 10.6 Å². The first-order valence-electron chi connectivity index (χ1n) is 11.6. The highest BCUT2D eigenvalue weighted by Gasteiger charge is 2.21. The van der Waals surface area contributed by atoms with Crippen LogP contribution >= 0.6 is 0 Å². The van der Waals surface area contributed by atoms with E-state index in [9.17, 15) is 4.79 Å². The average molecular weight is 428 g/mol. The van der Waals surface area contributed by atoms with Crippen molar-refractivity contribution < 1.29 is 13.9 Å². The van der Waals surface area contributed by atoms with Gasteiger partial charge in [0, 0.05) is 36.8 Å². The summed E-state index contributed by atoms with van der Waals surface area (Å²) in [4.78, 5) is 14.8. The van der Waals surface area contributed by atoms with Crippen LogP contribution in [0.25, 0.3) is 11.5 Å². The van der Waals surface area contributed by atoms with Crippen LogP contribution in [0.15, 0.2) is 28.7 Å². The van der Waals surface area contributed by atoms with E-state index in [2.05, 4.69) is 25.7 Å². The third kappa shape index (κ3) is 6.51. The number of morpholine rings is 1. The Morgan fingerprint density at radius 1 is 1.03 bits per heavy atom. The van der Waals surface area contributed by atoms with Crippen molar-refractivity contribution in [3.8, 4) is 11.5 Å². The minimum Gasteiger partial charge on any atom is -0.403 e. The van der Waals surface area contributed by atoms with Crippen molar-refractivity contribution >= 4 is 17.6 Å². The number of carbonyl (C=O) groups excluding carboxylic acids is 1. The third-order valence-electron chi connectivity index (χ3n) is 6.08. The Balaban J connectivity index is 1.19. The quantitative estimate of drug-likeness (QED) is 0.588. The number of hydrogen-bond donors (Lipinski definition) is 2. The van der Waals surface area contributed by atoms with Crippen LogP contribution in [0, 0.1) is 5.92 Å². The van der Waals surface area contributed by atoms with Crippen LogP contribution in [0.4, 0.5) is 11.7 Å². The second-order valence-electron chi connectivity index (χ2n) is 8.40. The number of aromatic nitrogens is 2. The van der Waals surface area contributed by atoms with Crippen molar-refractivity contribution in [2.75, 3.05) is 50.0 Å². The highest BCUT2D eigenvalue weighted by atomic mass is 16.5.